The van der Waals surface area contributed by atoms with E-state index >= 15 is 0 Å². The molecule has 1 atom stereocenters. The van der Waals surface area contributed by atoms with Gasteiger partial charge < -0.3 is 0 Å². The Hall–Kier alpha value is -1.82. The Morgan fingerprint density at radius 1 is 0.520 bits per heavy atom. The lowest BCUT2D eigenvalue weighted by Gasteiger charge is -2.26. The summed E-state index contributed by atoms with van der Waals surface area (Å²) in [5, 5.41) is 0. The molecule has 132 valence electrons. The Kier molecular flexibility index (Phi) is 4.22. The van der Waals surface area contributed by atoms with Crippen molar-refractivity contribution >= 4 is 6.08 Å². The molecule has 25 heavy (non-hydrogen) atoms. The van der Waals surface area contributed by atoms with E-state index in [9.17, 15) is 0 Å². The first-order valence-electron chi connectivity index (χ1n) is 9.48. The standard InChI is InChI=1S/C25H32/c1-12-11-22-18(7)17(6)21(10)25(24(22)13(12)2)23-19(8)15(4)14(3)16(5)20(23)9/h11,13H,1-10H3. The first kappa shape index (κ1) is 18.0. The highest BCUT2D eigenvalue weighted by Crippen LogP contribution is 2.48. The molecule has 2 aromatic carbocycles. The van der Waals surface area contributed by atoms with E-state index in [0.29, 0.717) is 5.92 Å². The molecule has 1 unspecified atom stereocenters. The van der Waals surface area contributed by atoms with E-state index in [2.05, 4.69) is 75.3 Å². The molecule has 2 aromatic rings. The van der Waals surface area contributed by atoms with Gasteiger partial charge in [-0.05, 0) is 129 Å². The first-order chi connectivity index (χ1) is 11.6. The van der Waals surface area contributed by atoms with Crippen molar-refractivity contribution in [1.29, 1.82) is 0 Å². The molecule has 0 aliphatic heterocycles. The minimum Gasteiger partial charge on any atom is -0.0654 e. The predicted octanol–water partition coefficient (Wildman–Crippen LogP) is 7.34. The Labute approximate surface area is 154 Å². The molecule has 1 aliphatic carbocycles. The minimum absolute atomic E-state index is 0.503. The summed E-state index contributed by atoms with van der Waals surface area (Å²) in [6.07, 6.45) is 2.42. The summed E-state index contributed by atoms with van der Waals surface area (Å²) in [5.41, 5.74) is 19.1. The molecule has 0 saturated heterocycles. The molecule has 0 radical (unpaired) electrons. The van der Waals surface area contributed by atoms with Gasteiger partial charge in [0.25, 0.3) is 0 Å². The summed E-state index contributed by atoms with van der Waals surface area (Å²) in [6, 6.07) is 0. The number of hydrogen-bond donors (Lipinski definition) is 0. The monoisotopic (exact) mass is 332 g/mol. The van der Waals surface area contributed by atoms with Crippen LogP contribution in [0.4, 0.5) is 0 Å². The van der Waals surface area contributed by atoms with Gasteiger partial charge in [0.1, 0.15) is 0 Å². The maximum atomic E-state index is 2.42. The maximum absolute atomic E-state index is 2.42. The van der Waals surface area contributed by atoms with E-state index in [1.807, 2.05) is 0 Å². The fraction of sp³-hybridized carbons (Fsp3) is 0.440. The summed E-state index contributed by atoms with van der Waals surface area (Å²) in [6.45, 7) is 23.0. The number of fused-ring (bicyclic) bond motifs is 1. The fourth-order valence-electron chi connectivity index (χ4n) is 4.62. The lowest BCUT2D eigenvalue weighted by atomic mass is 9.78. The lowest BCUT2D eigenvalue weighted by Crippen LogP contribution is -2.07. The number of hydrogen-bond acceptors (Lipinski definition) is 0. The van der Waals surface area contributed by atoms with Crippen molar-refractivity contribution in [2.45, 2.75) is 75.2 Å². The Morgan fingerprint density at radius 3 is 1.44 bits per heavy atom. The van der Waals surface area contributed by atoms with Gasteiger partial charge in [0.2, 0.25) is 0 Å². The van der Waals surface area contributed by atoms with Gasteiger partial charge in [-0.2, -0.15) is 0 Å². The van der Waals surface area contributed by atoms with E-state index in [4.69, 9.17) is 0 Å². The summed E-state index contributed by atoms with van der Waals surface area (Å²) in [5.74, 6) is 0.503. The molecule has 1 aliphatic rings. The molecule has 0 fully saturated rings. The van der Waals surface area contributed by atoms with Crippen LogP contribution in [0.1, 0.15) is 75.4 Å². The van der Waals surface area contributed by atoms with Gasteiger partial charge in [0, 0.05) is 5.92 Å². The van der Waals surface area contributed by atoms with E-state index in [0.717, 1.165) is 0 Å². The van der Waals surface area contributed by atoms with Crippen LogP contribution in [-0.2, 0) is 0 Å². The second kappa shape index (κ2) is 5.87. The van der Waals surface area contributed by atoms with Gasteiger partial charge in [-0.25, -0.2) is 0 Å². The van der Waals surface area contributed by atoms with Crippen LogP contribution in [0.25, 0.3) is 17.2 Å². The van der Waals surface area contributed by atoms with Gasteiger partial charge in [0.15, 0.2) is 0 Å². The highest BCUT2D eigenvalue weighted by molar-refractivity contribution is 5.87. The molecule has 0 aromatic heterocycles. The third kappa shape index (κ3) is 2.34. The van der Waals surface area contributed by atoms with Crippen LogP contribution in [0.5, 0.6) is 0 Å². The number of rotatable bonds is 1. The van der Waals surface area contributed by atoms with Crippen molar-refractivity contribution < 1.29 is 0 Å². The normalized spacial score (nSPS) is 16.2. The zero-order valence-electron chi connectivity index (χ0n) is 17.7. The molecule has 0 bridgehead atoms. The van der Waals surface area contributed by atoms with Crippen molar-refractivity contribution in [3.05, 3.63) is 61.2 Å². The highest BCUT2D eigenvalue weighted by atomic mass is 14.3. The molecule has 0 nitrogen and oxygen atoms in total. The third-order valence-corrected chi connectivity index (χ3v) is 7.20. The molecular weight excluding hydrogens is 300 g/mol. The van der Waals surface area contributed by atoms with Crippen LogP contribution in [0, 0.1) is 55.4 Å². The van der Waals surface area contributed by atoms with Crippen LogP contribution in [0.3, 0.4) is 0 Å². The van der Waals surface area contributed by atoms with Crippen LogP contribution in [0.15, 0.2) is 5.57 Å². The van der Waals surface area contributed by atoms with Gasteiger partial charge in [-0.1, -0.05) is 18.6 Å². The van der Waals surface area contributed by atoms with E-state index in [-0.39, 0.29) is 0 Å². The van der Waals surface area contributed by atoms with Crippen LogP contribution >= 0.6 is 0 Å². The zero-order chi connectivity index (χ0) is 18.8. The lowest BCUT2D eigenvalue weighted by molar-refractivity contribution is 0.917. The van der Waals surface area contributed by atoms with E-state index in [1.165, 1.54) is 66.8 Å². The van der Waals surface area contributed by atoms with Crippen molar-refractivity contribution in [2.75, 3.05) is 0 Å². The summed E-state index contributed by atoms with van der Waals surface area (Å²) < 4.78 is 0. The number of allylic oxidation sites excluding steroid dienone is 1. The molecule has 3 rings (SSSR count). The van der Waals surface area contributed by atoms with Gasteiger partial charge in [-0.15, -0.1) is 0 Å². The molecule has 0 spiro atoms. The van der Waals surface area contributed by atoms with Crippen LogP contribution < -0.4 is 0 Å². The minimum atomic E-state index is 0.503. The second-order valence-corrected chi connectivity index (χ2v) is 8.19. The first-order valence-corrected chi connectivity index (χ1v) is 9.48. The Morgan fingerprint density at radius 2 is 0.920 bits per heavy atom. The summed E-state index contributed by atoms with van der Waals surface area (Å²) in [4.78, 5) is 0. The largest absolute Gasteiger partial charge is 0.0654 e. The summed E-state index contributed by atoms with van der Waals surface area (Å²) >= 11 is 0. The average molecular weight is 333 g/mol. The van der Waals surface area contributed by atoms with E-state index in [1.54, 1.807) is 5.56 Å². The van der Waals surface area contributed by atoms with Crippen molar-refractivity contribution in [3.8, 4) is 11.1 Å². The fourth-order valence-corrected chi connectivity index (χ4v) is 4.62. The van der Waals surface area contributed by atoms with Gasteiger partial charge in [0.05, 0.1) is 0 Å². The van der Waals surface area contributed by atoms with Crippen molar-refractivity contribution in [2.24, 2.45) is 0 Å². The van der Waals surface area contributed by atoms with Crippen LogP contribution in [0.2, 0.25) is 0 Å². The number of benzene rings is 2. The smallest absolute Gasteiger partial charge is 0.00326 e. The van der Waals surface area contributed by atoms with Crippen molar-refractivity contribution in [3.63, 3.8) is 0 Å². The topological polar surface area (TPSA) is 0 Å². The average Bonchev–Trinajstić information content (AvgIpc) is 2.87. The maximum Gasteiger partial charge on any atom is 0.00326 e. The SMILES string of the molecule is CC1=Cc2c(C)c(C)c(C)c(-c3c(C)c(C)c(C)c(C)c3C)c2C1C. The molecule has 0 heterocycles. The van der Waals surface area contributed by atoms with Crippen molar-refractivity contribution in [1.82, 2.24) is 0 Å². The van der Waals surface area contributed by atoms with Crippen LogP contribution in [-0.4, -0.2) is 0 Å². The van der Waals surface area contributed by atoms with E-state index < -0.39 is 0 Å². The Bertz CT molecular complexity index is 907. The summed E-state index contributed by atoms with van der Waals surface area (Å²) in [7, 11) is 0. The zero-order valence-corrected chi connectivity index (χ0v) is 17.7. The Balaban J connectivity index is 2.52. The molecular formula is C25H32. The molecule has 0 saturated carbocycles. The molecule has 0 heteroatoms. The third-order valence-electron chi connectivity index (χ3n) is 7.20. The molecule has 0 amide bonds. The highest BCUT2D eigenvalue weighted by Gasteiger charge is 2.29. The second-order valence-electron chi connectivity index (χ2n) is 8.19. The quantitative estimate of drug-likeness (QED) is 0.512. The predicted molar refractivity (Wildman–Crippen MR) is 112 cm³/mol. The van der Waals surface area contributed by atoms with Gasteiger partial charge in [-0.3, -0.25) is 0 Å². The van der Waals surface area contributed by atoms with Gasteiger partial charge >= 0.3 is 0 Å². The molecule has 0 N–H and O–H groups in total.